The average Bonchev–Trinajstić information content (AvgIpc) is 2.29. The number of amides is 1. The molecule has 4 nitrogen and oxygen atoms in total. The fourth-order valence-corrected chi connectivity index (χ4v) is 1.85. The van der Waals surface area contributed by atoms with Crippen molar-refractivity contribution in [1.82, 2.24) is 4.90 Å². The zero-order valence-corrected chi connectivity index (χ0v) is 11.1. The second-order valence-electron chi connectivity index (χ2n) is 4.42. The molecule has 0 heterocycles. The van der Waals surface area contributed by atoms with Gasteiger partial charge in [-0.2, -0.15) is 0 Å². The third kappa shape index (κ3) is 5.29. The molecule has 0 atom stereocenters. The van der Waals surface area contributed by atoms with Gasteiger partial charge in [0.15, 0.2) is 0 Å². The predicted octanol–water partition coefficient (Wildman–Crippen LogP) is 1.64. The molecule has 0 fully saturated rings. The molecule has 0 aliphatic rings. The van der Waals surface area contributed by atoms with Gasteiger partial charge in [-0.05, 0) is 37.6 Å². The number of rotatable bonds is 7. The summed E-state index contributed by atoms with van der Waals surface area (Å²) >= 11 is 0. The van der Waals surface area contributed by atoms with E-state index in [0.717, 1.165) is 24.2 Å². The van der Waals surface area contributed by atoms with Crippen molar-refractivity contribution in [3.8, 4) is 0 Å². The molecule has 0 aromatic heterocycles. The van der Waals surface area contributed by atoms with E-state index in [1.54, 1.807) is 0 Å². The summed E-state index contributed by atoms with van der Waals surface area (Å²) in [7, 11) is 0. The molecule has 1 amide bonds. The number of aliphatic hydroxyl groups is 1. The third-order valence-corrected chi connectivity index (χ3v) is 2.63. The highest BCUT2D eigenvalue weighted by atomic mass is 16.3. The predicted molar refractivity (Wildman–Crippen MR) is 73.6 cm³/mol. The molecule has 0 saturated heterocycles. The highest BCUT2D eigenvalue weighted by molar-refractivity contribution is 5.92. The van der Waals surface area contributed by atoms with Crippen LogP contribution in [0.1, 0.15) is 18.9 Å². The molecular weight excluding hydrogens is 228 g/mol. The molecule has 0 bridgehead atoms. The second-order valence-corrected chi connectivity index (χ2v) is 4.42. The Labute approximate surface area is 109 Å². The minimum absolute atomic E-state index is 0.0394. The molecular formula is C14H22N2O2. The van der Waals surface area contributed by atoms with E-state index in [2.05, 4.69) is 12.2 Å². The fraction of sp³-hybridized carbons (Fsp3) is 0.500. The van der Waals surface area contributed by atoms with Crippen LogP contribution in [0.15, 0.2) is 24.3 Å². The number of carbonyl (C=O) groups excluding carboxylic acids is 1. The maximum Gasteiger partial charge on any atom is 0.238 e. The third-order valence-electron chi connectivity index (χ3n) is 2.63. The smallest absolute Gasteiger partial charge is 0.238 e. The quantitative estimate of drug-likeness (QED) is 0.773. The van der Waals surface area contributed by atoms with Crippen molar-refractivity contribution in [3.05, 3.63) is 29.8 Å². The summed E-state index contributed by atoms with van der Waals surface area (Å²) in [5.41, 5.74) is 1.94. The van der Waals surface area contributed by atoms with Gasteiger partial charge in [0.25, 0.3) is 0 Å². The van der Waals surface area contributed by atoms with Gasteiger partial charge >= 0.3 is 0 Å². The minimum atomic E-state index is -0.0394. The number of benzene rings is 1. The van der Waals surface area contributed by atoms with Gasteiger partial charge in [0.1, 0.15) is 0 Å². The summed E-state index contributed by atoms with van der Waals surface area (Å²) < 4.78 is 0. The van der Waals surface area contributed by atoms with Gasteiger partial charge in [-0.25, -0.2) is 0 Å². The minimum Gasteiger partial charge on any atom is -0.395 e. The molecule has 0 unspecified atom stereocenters. The van der Waals surface area contributed by atoms with E-state index in [1.165, 1.54) is 0 Å². The lowest BCUT2D eigenvalue weighted by Crippen LogP contribution is -2.35. The fourth-order valence-electron chi connectivity index (χ4n) is 1.85. The number of nitrogens with one attached hydrogen (secondary N) is 1. The van der Waals surface area contributed by atoms with Crippen molar-refractivity contribution in [1.29, 1.82) is 0 Å². The lowest BCUT2D eigenvalue weighted by molar-refractivity contribution is -0.117. The van der Waals surface area contributed by atoms with E-state index in [0.29, 0.717) is 13.1 Å². The van der Waals surface area contributed by atoms with E-state index in [4.69, 9.17) is 5.11 Å². The SMILES string of the molecule is CCCN(CCO)CC(=O)Nc1cccc(C)c1. The topological polar surface area (TPSA) is 52.6 Å². The monoisotopic (exact) mass is 250 g/mol. The molecule has 1 rings (SSSR count). The molecule has 0 aliphatic heterocycles. The van der Waals surface area contributed by atoms with Gasteiger partial charge in [-0.3, -0.25) is 9.69 Å². The summed E-state index contributed by atoms with van der Waals surface area (Å²) in [6, 6.07) is 7.72. The van der Waals surface area contributed by atoms with Crippen molar-refractivity contribution in [3.63, 3.8) is 0 Å². The first-order valence-electron chi connectivity index (χ1n) is 6.35. The summed E-state index contributed by atoms with van der Waals surface area (Å²) in [6.07, 6.45) is 0.970. The van der Waals surface area contributed by atoms with Crippen LogP contribution in [-0.2, 0) is 4.79 Å². The first kappa shape index (κ1) is 14.7. The van der Waals surface area contributed by atoms with Crippen molar-refractivity contribution in [2.45, 2.75) is 20.3 Å². The molecule has 0 aliphatic carbocycles. The van der Waals surface area contributed by atoms with E-state index < -0.39 is 0 Å². The molecule has 0 radical (unpaired) electrons. The Balaban J connectivity index is 2.49. The molecule has 0 spiro atoms. The first-order chi connectivity index (χ1) is 8.65. The molecule has 100 valence electrons. The zero-order chi connectivity index (χ0) is 13.4. The van der Waals surface area contributed by atoms with E-state index in [9.17, 15) is 4.79 Å². The van der Waals surface area contributed by atoms with Crippen LogP contribution in [-0.4, -0.2) is 42.2 Å². The van der Waals surface area contributed by atoms with Gasteiger partial charge in [0.05, 0.1) is 13.2 Å². The number of aryl methyl sites for hydroxylation is 1. The second kappa shape index (κ2) is 7.84. The Bertz CT molecular complexity index is 374. The van der Waals surface area contributed by atoms with Crippen molar-refractivity contribution in [2.75, 3.05) is 31.6 Å². The van der Waals surface area contributed by atoms with Crippen LogP contribution in [0.5, 0.6) is 0 Å². The van der Waals surface area contributed by atoms with Crippen LogP contribution >= 0.6 is 0 Å². The lowest BCUT2D eigenvalue weighted by atomic mass is 10.2. The first-order valence-corrected chi connectivity index (χ1v) is 6.35. The van der Waals surface area contributed by atoms with E-state index in [1.807, 2.05) is 36.1 Å². The van der Waals surface area contributed by atoms with E-state index >= 15 is 0 Å². The van der Waals surface area contributed by atoms with Gasteiger partial charge in [0.2, 0.25) is 5.91 Å². The van der Waals surface area contributed by atoms with Crippen LogP contribution in [0.4, 0.5) is 5.69 Å². The van der Waals surface area contributed by atoms with E-state index in [-0.39, 0.29) is 12.5 Å². The largest absolute Gasteiger partial charge is 0.395 e. The zero-order valence-electron chi connectivity index (χ0n) is 11.1. The Hall–Kier alpha value is -1.39. The number of anilines is 1. The van der Waals surface area contributed by atoms with Crippen molar-refractivity contribution in [2.24, 2.45) is 0 Å². The van der Waals surface area contributed by atoms with Gasteiger partial charge < -0.3 is 10.4 Å². The molecule has 2 N–H and O–H groups in total. The summed E-state index contributed by atoms with van der Waals surface area (Å²) in [5, 5.41) is 11.8. The number of hydrogen-bond donors (Lipinski definition) is 2. The molecule has 0 saturated carbocycles. The molecule has 4 heteroatoms. The van der Waals surface area contributed by atoms with Crippen LogP contribution in [0, 0.1) is 6.92 Å². The Morgan fingerprint density at radius 1 is 1.39 bits per heavy atom. The van der Waals surface area contributed by atoms with Crippen LogP contribution in [0.25, 0.3) is 0 Å². The summed E-state index contributed by atoms with van der Waals surface area (Å²) in [4.78, 5) is 13.8. The number of carbonyl (C=O) groups is 1. The molecule has 1 aromatic rings. The van der Waals surface area contributed by atoms with Gasteiger partial charge in [-0.15, -0.1) is 0 Å². The standard InChI is InChI=1S/C14H22N2O2/c1-3-7-16(8-9-17)11-14(18)15-13-6-4-5-12(2)10-13/h4-6,10,17H,3,7-9,11H2,1-2H3,(H,15,18). The van der Waals surface area contributed by atoms with Gasteiger partial charge in [-0.1, -0.05) is 19.1 Å². The summed E-state index contributed by atoms with van der Waals surface area (Å²) in [5.74, 6) is -0.0394. The molecule has 1 aromatic carbocycles. The maximum atomic E-state index is 11.8. The average molecular weight is 250 g/mol. The van der Waals surface area contributed by atoms with Crippen LogP contribution in [0.2, 0.25) is 0 Å². The number of hydrogen-bond acceptors (Lipinski definition) is 3. The Morgan fingerprint density at radius 3 is 2.78 bits per heavy atom. The normalized spacial score (nSPS) is 10.7. The summed E-state index contributed by atoms with van der Waals surface area (Å²) in [6.45, 7) is 5.81. The van der Waals surface area contributed by atoms with Gasteiger partial charge in [0, 0.05) is 12.2 Å². The lowest BCUT2D eigenvalue weighted by Gasteiger charge is -2.19. The Morgan fingerprint density at radius 2 is 2.17 bits per heavy atom. The van der Waals surface area contributed by atoms with Crippen molar-refractivity contribution < 1.29 is 9.90 Å². The maximum absolute atomic E-state index is 11.8. The molecule has 18 heavy (non-hydrogen) atoms. The van der Waals surface area contributed by atoms with Crippen molar-refractivity contribution >= 4 is 11.6 Å². The van der Waals surface area contributed by atoms with Crippen LogP contribution in [0.3, 0.4) is 0 Å². The Kier molecular flexibility index (Phi) is 6.39. The highest BCUT2D eigenvalue weighted by Gasteiger charge is 2.09. The highest BCUT2D eigenvalue weighted by Crippen LogP contribution is 2.09. The van der Waals surface area contributed by atoms with Crippen LogP contribution < -0.4 is 5.32 Å². The number of aliphatic hydroxyl groups excluding tert-OH is 1. The number of nitrogens with zero attached hydrogens (tertiary/aromatic N) is 1.